The Bertz CT molecular complexity index is 1440. The number of ether oxygens (including phenoxy) is 2. The lowest BCUT2D eigenvalue weighted by atomic mass is 9.99. The number of nitrogens with zero attached hydrogens (tertiary/aromatic N) is 5. The van der Waals surface area contributed by atoms with Crippen LogP contribution in [0.15, 0.2) is 36.7 Å². The summed E-state index contributed by atoms with van der Waals surface area (Å²) in [7, 11) is 0. The summed E-state index contributed by atoms with van der Waals surface area (Å²) in [4.78, 5) is 17.0. The van der Waals surface area contributed by atoms with Gasteiger partial charge in [0.2, 0.25) is 0 Å². The second-order valence-corrected chi connectivity index (χ2v) is 8.92. The first-order valence-electron chi connectivity index (χ1n) is 10.6. The SMILES string of the molecule is Cc1cc(OC(F)F)c(C(C)n2cc3ccc(C#N)nc3n2)c2ccn(C(=O)OC(C)(C)C)c12. The Hall–Kier alpha value is -4.00. The predicted octanol–water partition coefficient (Wildman–Crippen LogP) is 5.56. The average Bonchev–Trinajstić information content (AvgIpc) is 3.36. The highest BCUT2D eigenvalue weighted by Gasteiger charge is 2.26. The third kappa shape index (κ3) is 4.29. The molecule has 0 aliphatic carbocycles. The molecular weight excluding hydrogens is 444 g/mol. The van der Waals surface area contributed by atoms with Gasteiger partial charge in [-0.25, -0.2) is 9.78 Å². The van der Waals surface area contributed by atoms with Crippen molar-refractivity contribution in [3.8, 4) is 11.8 Å². The maximum Gasteiger partial charge on any atom is 0.419 e. The quantitative estimate of drug-likeness (QED) is 0.390. The molecule has 3 aromatic heterocycles. The first-order valence-corrected chi connectivity index (χ1v) is 10.6. The summed E-state index contributed by atoms with van der Waals surface area (Å²) in [6.07, 6.45) is 2.69. The molecule has 1 unspecified atom stereocenters. The van der Waals surface area contributed by atoms with Gasteiger partial charge in [0, 0.05) is 28.7 Å². The van der Waals surface area contributed by atoms with E-state index in [1.54, 1.807) is 69.9 Å². The van der Waals surface area contributed by atoms with Crippen molar-refractivity contribution in [3.63, 3.8) is 0 Å². The molecule has 1 aromatic carbocycles. The lowest BCUT2D eigenvalue weighted by Gasteiger charge is -2.22. The first kappa shape index (κ1) is 23.2. The number of benzene rings is 1. The number of carbonyl (C=O) groups excluding carboxylic acids is 1. The molecule has 8 nitrogen and oxygen atoms in total. The molecule has 0 saturated heterocycles. The summed E-state index contributed by atoms with van der Waals surface area (Å²) >= 11 is 0. The van der Waals surface area contributed by atoms with Crippen molar-refractivity contribution in [1.82, 2.24) is 19.3 Å². The van der Waals surface area contributed by atoms with E-state index in [9.17, 15) is 13.6 Å². The summed E-state index contributed by atoms with van der Waals surface area (Å²) in [5, 5.41) is 14.8. The van der Waals surface area contributed by atoms with Gasteiger partial charge >= 0.3 is 12.7 Å². The number of hydrogen-bond donors (Lipinski definition) is 0. The zero-order chi connectivity index (χ0) is 24.8. The highest BCUT2D eigenvalue weighted by molar-refractivity contribution is 5.95. The van der Waals surface area contributed by atoms with Crippen molar-refractivity contribution >= 4 is 28.0 Å². The van der Waals surface area contributed by atoms with E-state index in [-0.39, 0.29) is 11.4 Å². The molecule has 0 N–H and O–H groups in total. The van der Waals surface area contributed by atoms with Crippen LogP contribution in [0.1, 0.15) is 50.6 Å². The van der Waals surface area contributed by atoms with Gasteiger partial charge in [-0.2, -0.15) is 19.1 Å². The van der Waals surface area contributed by atoms with Gasteiger partial charge in [0.05, 0.1) is 11.6 Å². The normalized spacial score (nSPS) is 12.8. The van der Waals surface area contributed by atoms with Crippen molar-refractivity contribution in [1.29, 1.82) is 5.26 Å². The van der Waals surface area contributed by atoms with Crippen LogP contribution in [0.3, 0.4) is 0 Å². The fourth-order valence-electron chi connectivity index (χ4n) is 3.93. The minimum Gasteiger partial charge on any atom is -0.443 e. The molecule has 176 valence electrons. The number of halogens is 2. The van der Waals surface area contributed by atoms with Crippen LogP contribution in [0.5, 0.6) is 5.75 Å². The van der Waals surface area contributed by atoms with E-state index in [1.165, 1.54) is 10.6 Å². The second-order valence-electron chi connectivity index (χ2n) is 8.92. The number of fused-ring (bicyclic) bond motifs is 2. The van der Waals surface area contributed by atoms with Crippen LogP contribution >= 0.6 is 0 Å². The lowest BCUT2D eigenvalue weighted by molar-refractivity contribution is -0.0506. The van der Waals surface area contributed by atoms with Crippen LogP contribution < -0.4 is 4.74 Å². The van der Waals surface area contributed by atoms with E-state index < -0.39 is 24.3 Å². The Morgan fingerprint density at radius 2 is 1.97 bits per heavy atom. The number of hydrogen-bond acceptors (Lipinski definition) is 6. The van der Waals surface area contributed by atoms with Gasteiger partial charge in [-0.1, -0.05) is 0 Å². The van der Waals surface area contributed by atoms with Gasteiger partial charge in [-0.3, -0.25) is 9.25 Å². The minimum absolute atomic E-state index is 0.0142. The smallest absolute Gasteiger partial charge is 0.419 e. The molecule has 1 atom stereocenters. The number of carbonyl (C=O) groups is 1. The molecule has 0 saturated carbocycles. The number of nitriles is 1. The van der Waals surface area contributed by atoms with Crippen LogP contribution in [-0.2, 0) is 4.74 Å². The van der Waals surface area contributed by atoms with Crippen LogP contribution in [0.25, 0.3) is 21.9 Å². The second kappa shape index (κ2) is 8.41. The largest absolute Gasteiger partial charge is 0.443 e. The van der Waals surface area contributed by atoms with Crippen molar-refractivity contribution in [3.05, 3.63) is 53.5 Å². The Morgan fingerprint density at radius 1 is 1.24 bits per heavy atom. The average molecular weight is 467 g/mol. The molecule has 0 fully saturated rings. The van der Waals surface area contributed by atoms with Gasteiger partial charge in [-0.15, -0.1) is 0 Å². The van der Waals surface area contributed by atoms with Crippen LogP contribution in [0, 0.1) is 18.3 Å². The van der Waals surface area contributed by atoms with E-state index >= 15 is 0 Å². The van der Waals surface area contributed by atoms with E-state index in [2.05, 4.69) is 10.1 Å². The summed E-state index contributed by atoms with van der Waals surface area (Å²) < 4.78 is 39.9. The Kier molecular flexibility index (Phi) is 5.73. The first-order chi connectivity index (χ1) is 16.0. The molecule has 3 heterocycles. The lowest BCUT2D eigenvalue weighted by Crippen LogP contribution is -2.26. The minimum atomic E-state index is -3.03. The highest BCUT2D eigenvalue weighted by atomic mass is 19.3. The Labute approximate surface area is 194 Å². The third-order valence-corrected chi connectivity index (χ3v) is 5.29. The molecule has 4 rings (SSSR count). The molecule has 4 aromatic rings. The number of rotatable bonds is 4. The number of pyridine rings is 1. The maximum atomic E-state index is 13.3. The van der Waals surface area contributed by atoms with Gasteiger partial charge in [0.1, 0.15) is 23.1 Å². The summed E-state index contributed by atoms with van der Waals surface area (Å²) in [5.41, 5.74) is 1.40. The molecule has 10 heteroatoms. The van der Waals surface area contributed by atoms with Crippen molar-refractivity contribution in [2.75, 3.05) is 0 Å². The molecule has 34 heavy (non-hydrogen) atoms. The van der Waals surface area contributed by atoms with Crippen molar-refractivity contribution in [2.24, 2.45) is 0 Å². The summed E-state index contributed by atoms with van der Waals surface area (Å²) in [6.45, 7) is 5.75. The molecule has 0 amide bonds. The molecule has 0 aliphatic rings. The van der Waals surface area contributed by atoms with Gasteiger partial charge in [-0.05, 0) is 64.4 Å². The number of aryl methyl sites for hydroxylation is 1. The Morgan fingerprint density at radius 3 is 2.62 bits per heavy atom. The van der Waals surface area contributed by atoms with Crippen molar-refractivity contribution in [2.45, 2.75) is 52.9 Å². The standard InChI is InChI=1S/C24H23F2N5O3/c1-13-10-18(33-22(25)26)19(17-8-9-30(20(13)17)23(32)34-24(3,4)5)14(2)31-12-15-6-7-16(11-27)28-21(15)29-31/h6-10,12,14,22H,1-5H3. The Balaban J connectivity index is 1.90. The van der Waals surface area contributed by atoms with E-state index in [1.807, 2.05) is 6.07 Å². The maximum absolute atomic E-state index is 13.3. The topological polar surface area (TPSA) is 95.0 Å². The molecule has 0 spiro atoms. The molecule has 0 radical (unpaired) electrons. The van der Waals surface area contributed by atoms with Crippen LogP contribution in [0.4, 0.5) is 13.6 Å². The van der Waals surface area contributed by atoms with Gasteiger partial charge in [0.15, 0.2) is 5.65 Å². The highest BCUT2D eigenvalue weighted by Crippen LogP contribution is 2.39. The zero-order valence-electron chi connectivity index (χ0n) is 19.3. The summed E-state index contributed by atoms with van der Waals surface area (Å²) in [5.74, 6) is -0.0142. The van der Waals surface area contributed by atoms with E-state index in [0.29, 0.717) is 33.1 Å². The van der Waals surface area contributed by atoms with E-state index in [0.717, 1.165) is 0 Å². The third-order valence-electron chi connectivity index (χ3n) is 5.29. The zero-order valence-corrected chi connectivity index (χ0v) is 19.3. The number of alkyl halides is 2. The predicted molar refractivity (Wildman–Crippen MR) is 121 cm³/mol. The molecule has 0 aliphatic heterocycles. The summed E-state index contributed by atoms with van der Waals surface area (Å²) in [6, 6.07) is 7.86. The van der Waals surface area contributed by atoms with Crippen LogP contribution in [0.2, 0.25) is 0 Å². The molecular formula is C24H23F2N5O3. The fraction of sp³-hybridized carbons (Fsp3) is 0.333. The molecule has 0 bridgehead atoms. The van der Waals surface area contributed by atoms with E-state index in [4.69, 9.17) is 14.7 Å². The monoisotopic (exact) mass is 467 g/mol. The van der Waals surface area contributed by atoms with Crippen molar-refractivity contribution < 1.29 is 23.0 Å². The number of aromatic nitrogens is 4. The van der Waals surface area contributed by atoms with Crippen LogP contribution in [-0.4, -0.2) is 37.6 Å². The fourth-order valence-corrected chi connectivity index (χ4v) is 3.93. The van der Waals surface area contributed by atoms with Gasteiger partial charge < -0.3 is 9.47 Å². The van der Waals surface area contributed by atoms with Gasteiger partial charge in [0.25, 0.3) is 0 Å².